The molecule has 2 rings (SSSR count). The zero-order chi connectivity index (χ0) is 20.5. The van der Waals surface area contributed by atoms with Crippen LogP contribution in [0.25, 0.3) is 0 Å². The highest BCUT2D eigenvalue weighted by Crippen LogP contribution is 2.25. The smallest absolute Gasteiger partial charge is 0.311 e. The van der Waals surface area contributed by atoms with Crippen molar-refractivity contribution in [3.8, 4) is 11.5 Å². The van der Waals surface area contributed by atoms with Gasteiger partial charge in [0, 0.05) is 17.2 Å². The second kappa shape index (κ2) is 9.96. The van der Waals surface area contributed by atoms with Gasteiger partial charge in [0.2, 0.25) is 0 Å². The first-order valence-corrected chi connectivity index (χ1v) is 8.50. The van der Waals surface area contributed by atoms with E-state index in [1.165, 1.54) is 21.1 Å². The Morgan fingerprint density at radius 2 is 1.68 bits per heavy atom. The van der Waals surface area contributed by atoms with Crippen molar-refractivity contribution in [3.63, 3.8) is 0 Å². The highest BCUT2D eigenvalue weighted by Gasteiger charge is 2.20. The second-order valence-electron chi connectivity index (χ2n) is 5.80. The lowest BCUT2D eigenvalue weighted by Gasteiger charge is -2.15. The molecule has 0 unspecified atom stereocenters. The number of hydrogen-bond donors (Lipinski definition) is 2. The molecule has 2 N–H and O–H groups in total. The predicted octanol–water partition coefficient (Wildman–Crippen LogP) is 1.64. The zero-order valence-electron chi connectivity index (χ0n) is 15.9. The minimum Gasteiger partial charge on any atom is -0.497 e. The molecule has 0 heterocycles. The van der Waals surface area contributed by atoms with Gasteiger partial charge >= 0.3 is 5.97 Å². The summed E-state index contributed by atoms with van der Waals surface area (Å²) in [5.74, 6) is -0.672. The lowest BCUT2D eigenvalue weighted by molar-refractivity contribution is -0.154. The van der Waals surface area contributed by atoms with Crippen molar-refractivity contribution in [1.29, 1.82) is 0 Å². The Morgan fingerprint density at radius 3 is 2.32 bits per heavy atom. The van der Waals surface area contributed by atoms with Gasteiger partial charge in [-0.2, -0.15) is 0 Å². The molecule has 8 heteroatoms. The number of amides is 2. The van der Waals surface area contributed by atoms with Crippen LogP contribution in [0.2, 0.25) is 0 Å². The van der Waals surface area contributed by atoms with Crippen LogP contribution in [0, 0.1) is 0 Å². The molecule has 0 spiro atoms. The molecule has 0 aliphatic heterocycles. The molecule has 2 amide bonds. The van der Waals surface area contributed by atoms with Crippen LogP contribution in [0.15, 0.2) is 48.5 Å². The average molecular weight is 386 g/mol. The van der Waals surface area contributed by atoms with E-state index in [0.29, 0.717) is 22.6 Å². The van der Waals surface area contributed by atoms with Gasteiger partial charge in [-0.05, 0) is 25.1 Å². The maximum Gasteiger partial charge on any atom is 0.311 e. The maximum atomic E-state index is 12.1. The highest BCUT2D eigenvalue weighted by molar-refractivity contribution is 5.95. The van der Waals surface area contributed by atoms with Crippen LogP contribution >= 0.6 is 0 Å². The van der Waals surface area contributed by atoms with Crippen LogP contribution in [0.5, 0.6) is 11.5 Å². The molecule has 28 heavy (non-hydrogen) atoms. The van der Waals surface area contributed by atoms with Gasteiger partial charge in [-0.3, -0.25) is 25.2 Å². The lowest BCUT2D eigenvalue weighted by Crippen LogP contribution is -2.46. The Hall–Kier alpha value is -3.55. The molecular weight excluding hydrogens is 364 g/mol. The lowest BCUT2D eigenvalue weighted by atomic mass is 10.1. The third-order valence-electron chi connectivity index (χ3n) is 3.84. The Morgan fingerprint density at radius 1 is 0.964 bits per heavy atom. The molecule has 0 saturated carbocycles. The van der Waals surface area contributed by atoms with Crippen molar-refractivity contribution in [2.45, 2.75) is 19.4 Å². The fraction of sp³-hybridized carbons (Fsp3) is 0.250. The molecule has 1 atom stereocenters. The summed E-state index contributed by atoms with van der Waals surface area (Å²) in [6, 6.07) is 13.4. The van der Waals surface area contributed by atoms with E-state index >= 15 is 0 Å². The maximum absolute atomic E-state index is 12.1. The van der Waals surface area contributed by atoms with Gasteiger partial charge in [0.25, 0.3) is 11.8 Å². The largest absolute Gasteiger partial charge is 0.497 e. The number of methoxy groups -OCH3 is 2. The number of ether oxygens (including phenoxy) is 3. The first kappa shape index (κ1) is 20.8. The van der Waals surface area contributed by atoms with E-state index in [1.807, 2.05) is 0 Å². The van der Waals surface area contributed by atoms with Gasteiger partial charge in [-0.25, -0.2) is 0 Å². The van der Waals surface area contributed by atoms with Crippen LogP contribution in [-0.4, -0.2) is 38.1 Å². The van der Waals surface area contributed by atoms with Crippen molar-refractivity contribution >= 4 is 17.8 Å². The van der Waals surface area contributed by atoms with Crippen LogP contribution in [0.3, 0.4) is 0 Å². The summed E-state index contributed by atoms with van der Waals surface area (Å²) in [7, 11) is 3.01. The van der Waals surface area contributed by atoms with E-state index in [1.54, 1.807) is 48.5 Å². The van der Waals surface area contributed by atoms with Gasteiger partial charge < -0.3 is 14.2 Å². The van der Waals surface area contributed by atoms with Crippen molar-refractivity contribution in [3.05, 3.63) is 59.7 Å². The molecule has 148 valence electrons. The Balaban J connectivity index is 1.86. The normalized spacial score (nSPS) is 11.1. The molecule has 0 radical (unpaired) electrons. The average Bonchev–Trinajstić information content (AvgIpc) is 2.72. The van der Waals surface area contributed by atoms with E-state index in [0.717, 1.165) is 0 Å². The minimum absolute atomic E-state index is 0.0822. The molecule has 2 aromatic rings. The first-order chi connectivity index (χ1) is 13.4. The third-order valence-corrected chi connectivity index (χ3v) is 3.84. The molecule has 0 aliphatic carbocycles. The Bertz CT molecular complexity index is 838. The molecule has 0 fully saturated rings. The number of hydrogen-bond acceptors (Lipinski definition) is 6. The number of carbonyl (C=O) groups is 3. The van der Waals surface area contributed by atoms with Crippen molar-refractivity contribution < 1.29 is 28.6 Å². The third kappa shape index (κ3) is 5.73. The number of hydrazine groups is 1. The molecule has 0 bridgehead atoms. The topological polar surface area (TPSA) is 103 Å². The summed E-state index contributed by atoms with van der Waals surface area (Å²) >= 11 is 0. The Labute approximate surface area is 162 Å². The number of nitrogens with one attached hydrogen (secondary N) is 2. The SMILES string of the molecule is COc1ccc(CC(=O)O[C@@H](C)C(=O)NNC(=O)c2ccccc2)c(OC)c1. The molecule has 0 aliphatic rings. The summed E-state index contributed by atoms with van der Waals surface area (Å²) in [5, 5.41) is 0. The number of rotatable bonds is 7. The van der Waals surface area contributed by atoms with E-state index in [9.17, 15) is 14.4 Å². The number of benzene rings is 2. The number of carbonyl (C=O) groups excluding carboxylic acids is 3. The van der Waals surface area contributed by atoms with E-state index in [-0.39, 0.29) is 6.42 Å². The first-order valence-electron chi connectivity index (χ1n) is 8.50. The molecular formula is C20H22N2O6. The van der Waals surface area contributed by atoms with Crippen LogP contribution in [0.4, 0.5) is 0 Å². The molecule has 0 aromatic heterocycles. The van der Waals surface area contributed by atoms with Crippen molar-refractivity contribution in [2.75, 3.05) is 14.2 Å². The predicted molar refractivity (Wildman–Crippen MR) is 101 cm³/mol. The van der Waals surface area contributed by atoms with E-state index in [2.05, 4.69) is 10.9 Å². The quantitative estimate of drug-likeness (QED) is 0.554. The van der Waals surface area contributed by atoms with Gasteiger partial charge in [0.1, 0.15) is 11.5 Å². The van der Waals surface area contributed by atoms with Gasteiger partial charge in [0.15, 0.2) is 6.10 Å². The van der Waals surface area contributed by atoms with E-state index in [4.69, 9.17) is 14.2 Å². The summed E-state index contributed by atoms with van der Waals surface area (Å²) in [5.41, 5.74) is 5.48. The van der Waals surface area contributed by atoms with E-state index < -0.39 is 23.9 Å². The zero-order valence-corrected chi connectivity index (χ0v) is 15.9. The molecule has 8 nitrogen and oxygen atoms in total. The van der Waals surface area contributed by atoms with Crippen molar-refractivity contribution in [1.82, 2.24) is 10.9 Å². The highest BCUT2D eigenvalue weighted by atomic mass is 16.5. The standard InChI is InChI=1S/C20H22N2O6/c1-13(19(24)21-22-20(25)14-7-5-4-6-8-14)28-18(23)11-15-9-10-16(26-2)12-17(15)27-3/h4-10,12-13H,11H2,1-3H3,(H,21,24)(H,22,25)/t13-/m0/s1. The van der Waals surface area contributed by atoms with Crippen molar-refractivity contribution in [2.24, 2.45) is 0 Å². The molecule has 2 aromatic carbocycles. The van der Waals surface area contributed by atoms with Crippen LogP contribution < -0.4 is 20.3 Å². The van der Waals surface area contributed by atoms with Crippen LogP contribution in [0.1, 0.15) is 22.8 Å². The minimum atomic E-state index is -1.09. The van der Waals surface area contributed by atoms with Gasteiger partial charge in [-0.1, -0.05) is 24.3 Å². The number of esters is 1. The fourth-order valence-corrected chi connectivity index (χ4v) is 2.33. The van der Waals surface area contributed by atoms with Gasteiger partial charge in [0.05, 0.1) is 20.6 Å². The summed E-state index contributed by atoms with van der Waals surface area (Å²) in [6.45, 7) is 1.41. The van der Waals surface area contributed by atoms with Crippen LogP contribution in [-0.2, 0) is 20.7 Å². The molecule has 0 saturated heterocycles. The summed E-state index contributed by atoms with van der Waals surface area (Å²) in [6.07, 6.45) is -1.17. The second-order valence-corrected chi connectivity index (χ2v) is 5.80. The fourth-order valence-electron chi connectivity index (χ4n) is 2.33. The van der Waals surface area contributed by atoms with Gasteiger partial charge in [-0.15, -0.1) is 0 Å². The Kier molecular flexibility index (Phi) is 7.38. The monoisotopic (exact) mass is 386 g/mol. The summed E-state index contributed by atoms with van der Waals surface area (Å²) in [4.78, 5) is 36.1. The summed E-state index contributed by atoms with van der Waals surface area (Å²) < 4.78 is 15.5.